The van der Waals surface area contributed by atoms with Gasteiger partial charge in [-0.3, -0.25) is 4.79 Å². The molecule has 0 saturated carbocycles. The van der Waals surface area contributed by atoms with Gasteiger partial charge in [-0.05, 0) is 42.0 Å². The predicted octanol–water partition coefficient (Wildman–Crippen LogP) is 2.39. The first-order valence-corrected chi connectivity index (χ1v) is 16.6. The van der Waals surface area contributed by atoms with Crippen molar-refractivity contribution >= 4 is 43.9 Å². The van der Waals surface area contributed by atoms with E-state index in [1.165, 1.54) is 30.5 Å². The maximum Gasteiger partial charge on any atom is 0.259 e. The number of thioether (sulfide) groups is 1. The number of nitrogens with one attached hydrogen (secondary N) is 1. The van der Waals surface area contributed by atoms with Crippen LogP contribution in [0, 0.1) is 0 Å². The van der Waals surface area contributed by atoms with Gasteiger partial charge in [-0.1, -0.05) is 48.5 Å². The molecule has 2 aliphatic rings. The average molecular weight is 601 g/mol. The number of hydrogen-bond acceptors (Lipinski definition) is 8. The maximum absolute atomic E-state index is 13.5. The Morgan fingerprint density at radius 2 is 1.52 bits per heavy atom. The lowest BCUT2D eigenvalue weighted by Crippen LogP contribution is -2.60. The third kappa shape index (κ3) is 6.23. The molecule has 0 unspecified atom stereocenters. The molecule has 0 aliphatic carbocycles. The van der Waals surface area contributed by atoms with E-state index in [0.717, 1.165) is 20.1 Å². The van der Waals surface area contributed by atoms with Crippen LogP contribution in [-0.4, -0.2) is 80.9 Å². The first-order valence-electron chi connectivity index (χ1n) is 12.5. The zero-order chi connectivity index (χ0) is 28.2. The number of amides is 1. The van der Waals surface area contributed by atoms with E-state index in [9.17, 15) is 21.6 Å². The number of nitrogens with zero attached hydrogens (tertiary/aromatic N) is 3. The number of hydrazone groups is 1. The van der Waals surface area contributed by atoms with Crippen molar-refractivity contribution in [3.05, 3.63) is 90.5 Å². The number of benzene rings is 3. The van der Waals surface area contributed by atoms with E-state index in [2.05, 4.69) is 10.5 Å². The predicted molar refractivity (Wildman–Crippen MR) is 153 cm³/mol. The Labute approximate surface area is 238 Å². The standard InChI is InChI=1S/C27H28N4O6S3/c32-27(29-28-17-21-8-7-9-22(16-21)37-23-19-38-20-23)26-18-30(39(33,34)24-10-3-1-4-11-24)14-15-31(26)40(35,36)25-12-5-2-6-13-25/h1-13,16-17,23,26H,14-15,18-20H2,(H,29,32)/b28-17-/t26-/m1/s1. The molecule has 3 aromatic rings. The summed E-state index contributed by atoms with van der Waals surface area (Å²) in [5.41, 5.74) is 3.08. The van der Waals surface area contributed by atoms with Crippen LogP contribution in [0.15, 0.2) is 99.8 Å². The summed E-state index contributed by atoms with van der Waals surface area (Å²) in [7, 11) is -8.06. The topological polar surface area (TPSA) is 125 Å². The average Bonchev–Trinajstić information content (AvgIpc) is 2.96. The van der Waals surface area contributed by atoms with Crippen molar-refractivity contribution in [3.8, 4) is 5.75 Å². The number of hydrogen-bond donors (Lipinski definition) is 1. The van der Waals surface area contributed by atoms with Crippen molar-refractivity contribution in [3.63, 3.8) is 0 Å². The molecular formula is C27H28N4O6S3. The van der Waals surface area contributed by atoms with Gasteiger partial charge in [0, 0.05) is 31.1 Å². The van der Waals surface area contributed by atoms with Crippen molar-refractivity contribution in [1.82, 2.24) is 14.0 Å². The third-order valence-electron chi connectivity index (χ3n) is 6.48. The van der Waals surface area contributed by atoms with E-state index in [4.69, 9.17) is 4.74 Å². The van der Waals surface area contributed by atoms with Crippen LogP contribution in [0.5, 0.6) is 5.75 Å². The number of sulfonamides is 2. The van der Waals surface area contributed by atoms with Crippen LogP contribution < -0.4 is 10.2 Å². The van der Waals surface area contributed by atoms with E-state index in [-0.39, 0.29) is 35.5 Å². The highest BCUT2D eigenvalue weighted by atomic mass is 32.2. The van der Waals surface area contributed by atoms with Crippen LogP contribution in [0.25, 0.3) is 0 Å². The summed E-state index contributed by atoms with van der Waals surface area (Å²) < 4.78 is 61.7. The highest BCUT2D eigenvalue weighted by Crippen LogP contribution is 2.26. The molecule has 1 amide bonds. The SMILES string of the molecule is O=C(N/N=C\c1cccc(OC2CSC2)c1)[C@H]1CN(S(=O)(=O)c2ccccc2)CCN1S(=O)(=O)c1ccccc1. The second kappa shape index (κ2) is 12.1. The maximum atomic E-state index is 13.5. The van der Waals surface area contributed by atoms with Crippen molar-refractivity contribution in [1.29, 1.82) is 0 Å². The number of piperazine rings is 1. The Hall–Kier alpha value is -3.23. The molecule has 210 valence electrons. The van der Waals surface area contributed by atoms with Crippen LogP contribution in [-0.2, 0) is 24.8 Å². The van der Waals surface area contributed by atoms with Gasteiger partial charge in [0.1, 0.15) is 17.9 Å². The molecule has 40 heavy (non-hydrogen) atoms. The fourth-order valence-electron chi connectivity index (χ4n) is 4.32. The molecular weight excluding hydrogens is 573 g/mol. The molecule has 2 aliphatic heterocycles. The second-order valence-corrected chi connectivity index (χ2v) is 14.1. The van der Waals surface area contributed by atoms with E-state index >= 15 is 0 Å². The summed E-state index contributed by atoms with van der Waals surface area (Å²) in [4.78, 5) is 13.4. The van der Waals surface area contributed by atoms with Crippen LogP contribution in [0.2, 0.25) is 0 Å². The Morgan fingerprint density at radius 3 is 2.15 bits per heavy atom. The van der Waals surface area contributed by atoms with Crippen LogP contribution in [0.1, 0.15) is 5.56 Å². The lowest BCUT2D eigenvalue weighted by molar-refractivity contribution is -0.125. The minimum Gasteiger partial charge on any atom is -0.489 e. The molecule has 2 heterocycles. The molecule has 0 spiro atoms. The van der Waals surface area contributed by atoms with E-state index in [0.29, 0.717) is 11.3 Å². The Bertz CT molecular complexity index is 1580. The Kier molecular flexibility index (Phi) is 8.57. The monoisotopic (exact) mass is 600 g/mol. The van der Waals surface area contributed by atoms with Crippen LogP contribution in [0.4, 0.5) is 0 Å². The minimum atomic E-state index is -4.10. The lowest BCUT2D eigenvalue weighted by atomic mass is 10.2. The smallest absolute Gasteiger partial charge is 0.259 e. The Balaban J connectivity index is 1.37. The number of carbonyl (C=O) groups is 1. The minimum absolute atomic E-state index is 0.0114. The fourth-order valence-corrected chi connectivity index (χ4v) is 7.93. The zero-order valence-corrected chi connectivity index (χ0v) is 23.8. The number of ether oxygens (including phenoxy) is 1. The lowest BCUT2D eigenvalue weighted by Gasteiger charge is -2.38. The summed E-state index contributed by atoms with van der Waals surface area (Å²) in [5, 5.41) is 4.03. The third-order valence-corrected chi connectivity index (χ3v) is 11.5. The Morgan fingerprint density at radius 1 is 0.875 bits per heavy atom. The molecule has 1 N–H and O–H groups in total. The molecule has 5 rings (SSSR count). The van der Waals surface area contributed by atoms with E-state index in [1.807, 2.05) is 23.9 Å². The van der Waals surface area contributed by atoms with Gasteiger partial charge in [0.05, 0.1) is 16.0 Å². The first-order chi connectivity index (χ1) is 19.2. The molecule has 10 nitrogen and oxygen atoms in total. The molecule has 2 saturated heterocycles. The quantitative estimate of drug-likeness (QED) is 0.295. The van der Waals surface area contributed by atoms with E-state index < -0.39 is 32.0 Å². The molecule has 13 heteroatoms. The van der Waals surface area contributed by atoms with Gasteiger partial charge >= 0.3 is 0 Å². The van der Waals surface area contributed by atoms with Crippen molar-refractivity contribution in [2.24, 2.45) is 5.10 Å². The molecule has 0 radical (unpaired) electrons. The molecule has 1 atom stereocenters. The van der Waals surface area contributed by atoms with Gasteiger partial charge in [-0.15, -0.1) is 0 Å². The van der Waals surface area contributed by atoms with Crippen LogP contribution in [0.3, 0.4) is 0 Å². The normalized spacial score (nSPS) is 19.2. The molecule has 0 bridgehead atoms. The summed E-state index contributed by atoms with van der Waals surface area (Å²) in [6.07, 6.45) is 1.60. The summed E-state index contributed by atoms with van der Waals surface area (Å²) in [6.45, 7) is -0.681. The van der Waals surface area contributed by atoms with Crippen molar-refractivity contribution in [2.45, 2.75) is 21.9 Å². The number of rotatable bonds is 9. The first kappa shape index (κ1) is 28.3. The largest absolute Gasteiger partial charge is 0.489 e. The summed E-state index contributed by atoms with van der Waals surface area (Å²) in [5.74, 6) is 1.82. The second-order valence-electron chi connectivity index (χ2n) is 9.20. The van der Waals surface area contributed by atoms with Gasteiger partial charge in [0.15, 0.2) is 0 Å². The summed E-state index contributed by atoms with van der Waals surface area (Å²) >= 11 is 1.81. The highest BCUT2D eigenvalue weighted by Gasteiger charge is 2.43. The fraction of sp³-hybridized carbons (Fsp3) is 0.259. The highest BCUT2D eigenvalue weighted by molar-refractivity contribution is 8.00. The van der Waals surface area contributed by atoms with Gasteiger partial charge in [-0.2, -0.15) is 25.5 Å². The summed E-state index contributed by atoms with van der Waals surface area (Å²) in [6, 6.07) is 21.5. The molecule has 2 fully saturated rings. The zero-order valence-electron chi connectivity index (χ0n) is 21.4. The van der Waals surface area contributed by atoms with Crippen LogP contribution >= 0.6 is 11.8 Å². The van der Waals surface area contributed by atoms with Crippen molar-refractivity contribution < 1.29 is 26.4 Å². The van der Waals surface area contributed by atoms with Gasteiger partial charge in [0.25, 0.3) is 5.91 Å². The molecule has 0 aromatic heterocycles. The van der Waals surface area contributed by atoms with Crippen molar-refractivity contribution in [2.75, 3.05) is 31.1 Å². The van der Waals surface area contributed by atoms with E-state index in [1.54, 1.807) is 48.5 Å². The van der Waals surface area contributed by atoms with Gasteiger partial charge < -0.3 is 4.74 Å². The number of carbonyl (C=O) groups excluding carboxylic acids is 1. The van der Waals surface area contributed by atoms with Gasteiger partial charge in [-0.25, -0.2) is 22.3 Å². The van der Waals surface area contributed by atoms with Gasteiger partial charge in [0.2, 0.25) is 20.0 Å². The molecule has 3 aromatic carbocycles.